The lowest BCUT2D eigenvalue weighted by Gasteiger charge is -2.38. The molecule has 3 heteroatoms. The van der Waals surface area contributed by atoms with Gasteiger partial charge in [-0.1, -0.05) is 38.1 Å². The van der Waals surface area contributed by atoms with E-state index >= 15 is 0 Å². The van der Waals surface area contributed by atoms with Crippen molar-refractivity contribution in [3.8, 4) is 0 Å². The topological polar surface area (TPSA) is 32.3 Å². The van der Waals surface area contributed by atoms with Gasteiger partial charge in [0.05, 0.1) is 6.04 Å². The van der Waals surface area contributed by atoms with Crippen molar-refractivity contribution in [1.82, 2.24) is 10.2 Å². The molecule has 1 aromatic carbocycles. The lowest BCUT2D eigenvalue weighted by atomic mass is 9.90. The van der Waals surface area contributed by atoms with E-state index < -0.39 is 0 Å². The zero-order valence-corrected chi connectivity index (χ0v) is 13.3. The predicted octanol–water partition coefficient (Wildman–Crippen LogP) is 3.39. The van der Waals surface area contributed by atoms with Crippen molar-refractivity contribution < 1.29 is 4.79 Å². The van der Waals surface area contributed by atoms with E-state index in [1.807, 2.05) is 0 Å². The number of nitrogens with one attached hydrogen (secondary N) is 1. The van der Waals surface area contributed by atoms with E-state index in [0.717, 1.165) is 19.3 Å². The summed E-state index contributed by atoms with van der Waals surface area (Å²) >= 11 is 0. The van der Waals surface area contributed by atoms with Crippen LogP contribution in [0.4, 0.5) is 0 Å². The zero-order valence-electron chi connectivity index (χ0n) is 13.3. The fraction of sp³-hybridized carbons (Fsp3) is 0.611. The Morgan fingerprint density at radius 3 is 2.57 bits per heavy atom. The summed E-state index contributed by atoms with van der Waals surface area (Å²) < 4.78 is 0. The van der Waals surface area contributed by atoms with E-state index in [1.165, 1.54) is 17.5 Å². The third-order valence-electron chi connectivity index (χ3n) is 4.85. The molecule has 3 nitrogen and oxygen atoms in total. The van der Waals surface area contributed by atoms with Crippen LogP contribution in [0, 0.1) is 12.8 Å². The average molecular weight is 286 g/mol. The molecule has 1 aromatic rings. The SMILES string of the molecule is Cc1ccccc1C1NC(CC(C)C)C(=O)N1C1CCC1. The van der Waals surface area contributed by atoms with Crippen molar-refractivity contribution >= 4 is 5.91 Å². The highest BCUT2D eigenvalue weighted by Gasteiger charge is 2.44. The second-order valence-corrected chi connectivity index (χ2v) is 6.94. The Morgan fingerprint density at radius 2 is 2.00 bits per heavy atom. The van der Waals surface area contributed by atoms with Gasteiger partial charge in [0.25, 0.3) is 0 Å². The molecule has 2 fully saturated rings. The van der Waals surface area contributed by atoms with Crippen molar-refractivity contribution in [2.24, 2.45) is 5.92 Å². The van der Waals surface area contributed by atoms with Gasteiger partial charge in [0.1, 0.15) is 6.17 Å². The lowest BCUT2D eigenvalue weighted by Crippen LogP contribution is -2.44. The summed E-state index contributed by atoms with van der Waals surface area (Å²) in [7, 11) is 0. The summed E-state index contributed by atoms with van der Waals surface area (Å²) in [6.07, 6.45) is 4.55. The number of amides is 1. The molecule has 1 amide bonds. The Balaban J connectivity index is 1.89. The summed E-state index contributed by atoms with van der Waals surface area (Å²) in [6, 6.07) is 8.85. The van der Waals surface area contributed by atoms with Crippen molar-refractivity contribution in [2.75, 3.05) is 0 Å². The highest BCUT2D eigenvalue weighted by atomic mass is 16.2. The Labute approximate surface area is 127 Å². The van der Waals surface area contributed by atoms with Gasteiger partial charge in [-0.25, -0.2) is 0 Å². The van der Waals surface area contributed by atoms with Gasteiger partial charge in [0.2, 0.25) is 5.91 Å². The van der Waals surface area contributed by atoms with Crippen LogP contribution in [-0.4, -0.2) is 22.9 Å². The number of aryl methyl sites for hydroxylation is 1. The highest BCUT2D eigenvalue weighted by Crippen LogP contribution is 2.37. The summed E-state index contributed by atoms with van der Waals surface area (Å²) in [6.45, 7) is 6.50. The van der Waals surface area contributed by atoms with Crippen LogP contribution in [0.2, 0.25) is 0 Å². The fourth-order valence-electron chi connectivity index (χ4n) is 3.48. The molecule has 3 rings (SSSR count). The molecule has 1 heterocycles. The summed E-state index contributed by atoms with van der Waals surface area (Å²) in [5.74, 6) is 0.840. The van der Waals surface area contributed by atoms with Gasteiger partial charge in [-0.2, -0.15) is 0 Å². The van der Waals surface area contributed by atoms with Gasteiger partial charge < -0.3 is 4.90 Å². The first-order valence-corrected chi connectivity index (χ1v) is 8.21. The first kappa shape index (κ1) is 14.6. The molecule has 1 aliphatic heterocycles. The third-order valence-corrected chi connectivity index (χ3v) is 4.85. The highest BCUT2D eigenvalue weighted by molar-refractivity contribution is 5.85. The molecule has 114 valence electrons. The number of rotatable bonds is 4. The number of carbonyl (C=O) groups is 1. The minimum atomic E-state index is -0.0183. The van der Waals surface area contributed by atoms with E-state index in [-0.39, 0.29) is 12.2 Å². The average Bonchev–Trinajstić information content (AvgIpc) is 2.66. The van der Waals surface area contributed by atoms with Gasteiger partial charge in [-0.05, 0) is 49.7 Å². The standard InChI is InChI=1S/C18H26N2O/c1-12(2)11-16-18(21)20(14-8-6-9-14)17(19-16)15-10-5-4-7-13(15)3/h4-5,7,10,12,14,16-17,19H,6,8-9,11H2,1-3H3. The first-order chi connectivity index (χ1) is 10.1. The summed E-state index contributed by atoms with van der Waals surface area (Å²) in [5, 5.41) is 3.60. The van der Waals surface area contributed by atoms with E-state index in [1.54, 1.807) is 0 Å². The maximum Gasteiger partial charge on any atom is 0.241 e. The smallest absolute Gasteiger partial charge is 0.241 e. The quantitative estimate of drug-likeness (QED) is 0.920. The van der Waals surface area contributed by atoms with E-state index in [9.17, 15) is 4.79 Å². The van der Waals surface area contributed by atoms with E-state index in [0.29, 0.717) is 17.9 Å². The number of benzene rings is 1. The molecule has 1 aliphatic carbocycles. The number of nitrogens with zero attached hydrogens (tertiary/aromatic N) is 1. The van der Waals surface area contributed by atoms with Gasteiger partial charge in [-0.3, -0.25) is 10.1 Å². The van der Waals surface area contributed by atoms with Crippen molar-refractivity contribution in [1.29, 1.82) is 0 Å². The van der Waals surface area contributed by atoms with Crippen LogP contribution in [0.3, 0.4) is 0 Å². The molecule has 2 unspecified atom stereocenters. The Hall–Kier alpha value is -1.35. The molecule has 0 aromatic heterocycles. The number of hydrogen-bond acceptors (Lipinski definition) is 2. The second kappa shape index (κ2) is 5.80. The third kappa shape index (κ3) is 2.71. The summed E-state index contributed by atoms with van der Waals surface area (Å²) in [5.41, 5.74) is 2.52. The Bertz CT molecular complexity index is 522. The molecule has 21 heavy (non-hydrogen) atoms. The zero-order chi connectivity index (χ0) is 15.0. The van der Waals surface area contributed by atoms with Gasteiger partial charge in [0.15, 0.2) is 0 Å². The molecule has 1 N–H and O–H groups in total. The molecule has 2 aliphatic rings. The molecule has 2 atom stereocenters. The van der Waals surface area contributed by atoms with Crippen LogP contribution in [0.5, 0.6) is 0 Å². The monoisotopic (exact) mass is 286 g/mol. The minimum Gasteiger partial charge on any atom is -0.319 e. The normalized spacial score (nSPS) is 26.5. The maximum absolute atomic E-state index is 12.8. The first-order valence-electron chi connectivity index (χ1n) is 8.21. The molecule has 1 saturated heterocycles. The maximum atomic E-state index is 12.8. The minimum absolute atomic E-state index is 0.0183. The number of hydrogen-bond donors (Lipinski definition) is 1. The van der Waals surface area contributed by atoms with Crippen LogP contribution in [0.25, 0.3) is 0 Å². The van der Waals surface area contributed by atoms with Crippen LogP contribution in [-0.2, 0) is 4.79 Å². The van der Waals surface area contributed by atoms with E-state index in [2.05, 4.69) is 55.3 Å². The van der Waals surface area contributed by atoms with Gasteiger partial charge in [-0.15, -0.1) is 0 Å². The van der Waals surface area contributed by atoms with Crippen LogP contribution < -0.4 is 5.32 Å². The molecule has 0 spiro atoms. The molecular formula is C18H26N2O. The van der Waals surface area contributed by atoms with Gasteiger partial charge >= 0.3 is 0 Å². The lowest BCUT2D eigenvalue weighted by molar-refractivity contribution is -0.134. The van der Waals surface area contributed by atoms with E-state index in [4.69, 9.17) is 0 Å². The summed E-state index contributed by atoms with van der Waals surface area (Å²) in [4.78, 5) is 15.0. The number of carbonyl (C=O) groups excluding carboxylic acids is 1. The van der Waals surface area contributed by atoms with Crippen LogP contribution in [0.1, 0.15) is 56.8 Å². The molecule has 0 bridgehead atoms. The Morgan fingerprint density at radius 1 is 1.29 bits per heavy atom. The van der Waals surface area contributed by atoms with Crippen molar-refractivity contribution in [3.05, 3.63) is 35.4 Å². The predicted molar refractivity (Wildman–Crippen MR) is 84.8 cm³/mol. The molecule has 0 radical (unpaired) electrons. The van der Waals surface area contributed by atoms with Gasteiger partial charge in [0, 0.05) is 6.04 Å². The van der Waals surface area contributed by atoms with Crippen molar-refractivity contribution in [2.45, 2.75) is 64.7 Å². The van der Waals surface area contributed by atoms with Crippen LogP contribution in [0.15, 0.2) is 24.3 Å². The largest absolute Gasteiger partial charge is 0.319 e. The van der Waals surface area contributed by atoms with Crippen molar-refractivity contribution in [3.63, 3.8) is 0 Å². The second-order valence-electron chi connectivity index (χ2n) is 6.94. The Kier molecular flexibility index (Phi) is 4.03. The van der Waals surface area contributed by atoms with Crippen LogP contribution >= 0.6 is 0 Å². The fourth-order valence-corrected chi connectivity index (χ4v) is 3.48. The molecular weight excluding hydrogens is 260 g/mol. The molecule has 1 saturated carbocycles.